The van der Waals surface area contributed by atoms with Crippen LogP contribution in [0.15, 0.2) is 207 Å². The van der Waals surface area contributed by atoms with Crippen molar-refractivity contribution in [3.8, 4) is 112 Å². The highest BCUT2D eigenvalue weighted by Crippen LogP contribution is 2.55. The van der Waals surface area contributed by atoms with Crippen LogP contribution in [0.5, 0.6) is 11.5 Å². The van der Waals surface area contributed by atoms with Crippen LogP contribution in [0.3, 0.4) is 0 Å². The van der Waals surface area contributed by atoms with E-state index in [9.17, 15) is 0 Å². The summed E-state index contributed by atoms with van der Waals surface area (Å²) in [6.07, 6.45) is 5.49. The molecule has 7 aromatic carbocycles. The molecule has 10 aromatic rings. The molecule has 0 N–H and O–H groups in total. The summed E-state index contributed by atoms with van der Waals surface area (Å²) in [5.74, 6) is 2.21. The zero-order valence-corrected chi connectivity index (χ0v) is 35.3. The second-order valence-electron chi connectivity index (χ2n) is 17.0. The van der Waals surface area contributed by atoms with E-state index in [1.807, 2.05) is 48.8 Å². The van der Waals surface area contributed by atoms with Crippen LogP contribution in [-0.2, 0) is 5.41 Å². The molecule has 1 aliphatic carbocycles. The summed E-state index contributed by atoms with van der Waals surface area (Å²) in [6.45, 7) is 4.64. The molecule has 2 aliphatic rings. The molecule has 64 heavy (non-hydrogen) atoms. The molecule has 0 saturated heterocycles. The molecule has 0 unspecified atom stereocenters. The molecule has 5 nitrogen and oxygen atoms in total. The summed E-state index contributed by atoms with van der Waals surface area (Å²) < 4.78 is 7.30. The molecule has 1 aliphatic heterocycles. The molecule has 4 heterocycles. The Morgan fingerprint density at radius 1 is 0.359 bits per heavy atom. The fourth-order valence-corrected chi connectivity index (χ4v) is 9.68. The van der Waals surface area contributed by atoms with Gasteiger partial charge in [0.15, 0.2) is 5.82 Å². The fraction of sp³-hybridized carbons (Fsp3) is 0.0508. The van der Waals surface area contributed by atoms with Crippen molar-refractivity contribution in [3.05, 3.63) is 218 Å². The number of pyridine rings is 2. The molecule has 0 radical (unpaired) electrons. The SMILES string of the molecule is CC1(C)c2ccccc2-c2cc3c(cc21)Oc1ccccc1-c1ccccc1-c1ccccc1-c1ccc(-c2nc(-c4ccccc4)cc(-c4ccc(-c5cccnc5)nc4)n2)cc1-3. The highest BCUT2D eigenvalue weighted by Gasteiger charge is 2.37. The second kappa shape index (κ2) is 15.0. The standard InChI is InChI=1S/C59H40N4O/c1-59(2)51-24-12-10-22-46(51)49-32-50-48-31-38(58-62-54(37-15-4-3-5-16-37)34-55(63-58)40-27-29-53(61-36-40)39-17-14-30-60-35-39)26-28-45(48)43-20-7-6-18-41(43)42-19-8-9-21-44(42)47-23-11-13-25-56(47)64-57(50)33-52(49)59/h3-36H,1-2H3. The Balaban J connectivity index is 1.13. The second-order valence-corrected chi connectivity index (χ2v) is 17.0. The smallest absolute Gasteiger partial charge is 0.160 e. The van der Waals surface area contributed by atoms with E-state index in [2.05, 4.69) is 170 Å². The van der Waals surface area contributed by atoms with Crippen molar-refractivity contribution >= 4 is 0 Å². The lowest BCUT2D eigenvalue weighted by Crippen LogP contribution is -2.15. The van der Waals surface area contributed by atoms with Gasteiger partial charge in [-0.05, 0) is 110 Å². The van der Waals surface area contributed by atoms with Crippen LogP contribution in [0.2, 0.25) is 0 Å². The number of nitrogens with zero attached hydrogens (tertiary/aromatic N) is 4. The molecule has 302 valence electrons. The Morgan fingerprint density at radius 3 is 1.66 bits per heavy atom. The van der Waals surface area contributed by atoms with E-state index >= 15 is 0 Å². The van der Waals surface area contributed by atoms with E-state index in [1.165, 1.54) is 22.3 Å². The van der Waals surface area contributed by atoms with Crippen molar-refractivity contribution in [3.63, 3.8) is 0 Å². The van der Waals surface area contributed by atoms with Crippen LogP contribution in [-0.4, -0.2) is 19.9 Å². The maximum absolute atomic E-state index is 7.30. The van der Waals surface area contributed by atoms with Gasteiger partial charge >= 0.3 is 0 Å². The third-order valence-corrected chi connectivity index (χ3v) is 12.9. The van der Waals surface area contributed by atoms with Gasteiger partial charge in [-0.2, -0.15) is 0 Å². The van der Waals surface area contributed by atoms with Gasteiger partial charge in [-0.3, -0.25) is 9.97 Å². The van der Waals surface area contributed by atoms with E-state index in [4.69, 9.17) is 19.7 Å². The molecule has 0 spiro atoms. The van der Waals surface area contributed by atoms with Crippen molar-refractivity contribution in [2.24, 2.45) is 0 Å². The van der Waals surface area contributed by atoms with Crippen LogP contribution in [0.25, 0.3) is 101 Å². The quantitative estimate of drug-likeness (QED) is 0.177. The molecule has 12 rings (SSSR count). The first kappa shape index (κ1) is 37.5. The highest BCUT2D eigenvalue weighted by atomic mass is 16.5. The van der Waals surface area contributed by atoms with Crippen LogP contribution >= 0.6 is 0 Å². The van der Waals surface area contributed by atoms with Gasteiger partial charge in [-0.25, -0.2) is 9.97 Å². The average Bonchev–Trinajstić information content (AvgIpc) is 3.58. The van der Waals surface area contributed by atoms with E-state index in [0.29, 0.717) is 5.82 Å². The molecular formula is C59H40N4O. The first-order valence-electron chi connectivity index (χ1n) is 21.7. The number of benzene rings is 7. The minimum Gasteiger partial charge on any atom is -0.456 e. The van der Waals surface area contributed by atoms with Gasteiger partial charge in [0.1, 0.15) is 11.5 Å². The largest absolute Gasteiger partial charge is 0.456 e. The van der Waals surface area contributed by atoms with Crippen molar-refractivity contribution in [2.45, 2.75) is 19.3 Å². The van der Waals surface area contributed by atoms with Gasteiger partial charge in [-0.1, -0.05) is 147 Å². The van der Waals surface area contributed by atoms with Gasteiger partial charge in [0, 0.05) is 57.4 Å². The number of hydrogen-bond donors (Lipinski definition) is 0. The Morgan fingerprint density at radius 2 is 0.953 bits per heavy atom. The van der Waals surface area contributed by atoms with E-state index in [0.717, 1.165) is 95.3 Å². The maximum Gasteiger partial charge on any atom is 0.160 e. The Labute approximate surface area is 372 Å². The lowest BCUT2D eigenvalue weighted by molar-refractivity contribution is 0.484. The first-order chi connectivity index (χ1) is 31.5. The number of aromatic nitrogens is 4. The molecular weight excluding hydrogens is 781 g/mol. The van der Waals surface area contributed by atoms with Crippen LogP contribution in [0, 0.1) is 0 Å². The predicted molar refractivity (Wildman–Crippen MR) is 259 cm³/mol. The number of para-hydroxylation sites is 1. The van der Waals surface area contributed by atoms with Crippen LogP contribution in [0.1, 0.15) is 25.0 Å². The normalized spacial score (nSPS) is 12.8. The third kappa shape index (κ3) is 6.24. The van der Waals surface area contributed by atoms with Crippen molar-refractivity contribution in [1.82, 2.24) is 19.9 Å². The van der Waals surface area contributed by atoms with E-state index < -0.39 is 0 Å². The van der Waals surface area contributed by atoms with Crippen molar-refractivity contribution < 1.29 is 4.74 Å². The average molecular weight is 821 g/mol. The van der Waals surface area contributed by atoms with Crippen molar-refractivity contribution in [1.29, 1.82) is 0 Å². The molecule has 0 amide bonds. The Bertz CT molecular complexity index is 3430. The fourth-order valence-electron chi connectivity index (χ4n) is 9.68. The molecule has 5 heteroatoms. The highest BCUT2D eigenvalue weighted by molar-refractivity contribution is 6.00. The topological polar surface area (TPSA) is 60.8 Å². The van der Waals surface area contributed by atoms with Crippen LogP contribution < -0.4 is 4.74 Å². The molecule has 3 aromatic heterocycles. The molecule has 0 saturated carbocycles. The summed E-state index contributed by atoms with van der Waals surface area (Å²) in [5, 5.41) is 0. The van der Waals surface area contributed by atoms with Crippen LogP contribution in [0.4, 0.5) is 0 Å². The zero-order valence-electron chi connectivity index (χ0n) is 35.3. The van der Waals surface area contributed by atoms with Crippen molar-refractivity contribution in [2.75, 3.05) is 0 Å². The van der Waals surface area contributed by atoms with Gasteiger partial charge in [-0.15, -0.1) is 0 Å². The summed E-state index contributed by atoms with van der Waals surface area (Å²) in [4.78, 5) is 19.8. The number of ether oxygens (including phenoxy) is 1. The molecule has 0 atom stereocenters. The predicted octanol–water partition coefficient (Wildman–Crippen LogP) is 15.0. The monoisotopic (exact) mass is 820 g/mol. The lowest BCUT2D eigenvalue weighted by Gasteiger charge is -2.24. The number of rotatable bonds is 4. The number of hydrogen-bond acceptors (Lipinski definition) is 5. The van der Waals surface area contributed by atoms with Gasteiger partial charge in [0.25, 0.3) is 0 Å². The zero-order chi connectivity index (χ0) is 42.8. The van der Waals surface area contributed by atoms with Gasteiger partial charge in [0.05, 0.1) is 17.1 Å². The first-order valence-corrected chi connectivity index (χ1v) is 21.7. The summed E-state index contributed by atoms with van der Waals surface area (Å²) in [6, 6.07) is 66.4. The third-order valence-electron chi connectivity index (χ3n) is 12.9. The maximum atomic E-state index is 7.30. The summed E-state index contributed by atoms with van der Waals surface area (Å²) >= 11 is 0. The molecule has 0 fully saturated rings. The van der Waals surface area contributed by atoms with E-state index in [-0.39, 0.29) is 5.41 Å². The summed E-state index contributed by atoms with van der Waals surface area (Å²) in [7, 11) is 0. The van der Waals surface area contributed by atoms with E-state index in [1.54, 1.807) is 6.20 Å². The Hall–Kier alpha value is -8.28. The minimum absolute atomic E-state index is 0.229. The number of fused-ring (bicyclic) bond motifs is 12. The van der Waals surface area contributed by atoms with Gasteiger partial charge < -0.3 is 4.74 Å². The Kier molecular flexibility index (Phi) is 8.76. The lowest BCUT2D eigenvalue weighted by atomic mass is 9.81. The molecule has 0 bridgehead atoms. The summed E-state index contributed by atoms with van der Waals surface area (Å²) in [5.41, 5.74) is 19.7. The minimum atomic E-state index is -0.229. The van der Waals surface area contributed by atoms with Gasteiger partial charge in [0.2, 0.25) is 0 Å².